The number of carbonyl (C=O) groups excluding carboxylic acids is 1. The van der Waals surface area contributed by atoms with Gasteiger partial charge < -0.3 is 5.32 Å². The van der Waals surface area contributed by atoms with Crippen LogP contribution in [0.5, 0.6) is 0 Å². The van der Waals surface area contributed by atoms with E-state index in [4.69, 9.17) is 0 Å². The Morgan fingerprint density at radius 2 is 1.73 bits per heavy atom. The van der Waals surface area contributed by atoms with Gasteiger partial charge >= 0.3 is 0 Å². The molecule has 0 saturated heterocycles. The monoisotopic (exact) mass is 228 g/mol. The second kappa shape index (κ2) is 4.79. The first-order valence-electron chi connectivity index (χ1n) is 4.38. The Hall–Kier alpha value is -1.56. The summed E-state index contributed by atoms with van der Waals surface area (Å²) in [6.45, 7) is 1.56. The number of hydrogen-bond acceptors (Lipinski definition) is 3. The van der Waals surface area contributed by atoms with Crippen LogP contribution in [0.4, 0.5) is 11.4 Å². The number of amides is 1. The molecule has 0 radical (unpaired) electrons. The van der Waals surface area contributed by atoms with E-state index in [1.165, 1.54) is 0 Å². The molecule has 15 heavy (non-hydrogen) atoms. The third-order valence-corrected chi connectivity index (χ3v) is 3.07. The number of rotatable bonds is 5. The van der Waals surface area contributed by atoms with Gasteiger partial charge in [-0.15, -0.1) is 0 Å². The highest BCUT2D eigenvalue weighted by Crippen LogP contribution is 2.14. The van der Waals surface area contributed by atoms with E-state index in [9.17, 15) is 13.2 Å². The predicted octanol–water partition coefficient (Wildman–Crippen LogP) is 1.02. The Balaban J connectivity index is 2.77. The number of nitrogens with one attached hydrogen (secondary N) is 2. The fourth-order valence-electron chi connectivity index (χ4n) is 0.954. The highest BCUT2D eigenvalue weighted by Gasteiger charge is 2.05. The van der Waals surface area contributed by atoms with Crippen molar-refractivity contribution in [2.45, 2.75) is 6.92 Å². The van der Waals surface area contributed by atoms with Gasteiger partial charge in [-0.25, -0.2) is 8.42 Å². The average Bonchev–Trinajstić information content (AvgIpc) is 2.21. The highest BCUT2D eigenvalue weighted by atomic mass is 32.2. The van der Waals surface area contributed by atoms with Crippen LogP contribution in [-0.2, 0) is 14.8 Å². The molecular formula is C9H12N2O3S. The van der Waals surface area contributed by atoms with Crippen molar-refractivity contribution in [3.05, 3.63) is 24.3 Å². The maximum atomic E-state index is 11.2. The number of sulfonamides is 1. The van der Waals surface area contributed by atoms with Crippen molar-refractivity contribution >= 4 is 27.8 Å². The smallest absolute Gasteiger partial charge is 0.232 e. The largest absolute Gasteiger partial charge is 0.329 e. The molecule has 0 bridgehead atoms. The third kappa shape index (κ3) is 3.59. The fourth-order valence-corrected chi connectivity index (χ4v) is 1.59. The molecule has 1 rings (SSSR count). The quantitative estimate of drug-likeness (QED) is 0.739. The Kier molecular flexibility index (Phi) is 3.68. The minimum atomic E-state index is -3.24. The van der Waals surface area contributed by atoms with E-state index in [1.54, 1.807) is 31.2 Å². The van der Waals surface area contributed by atoms with Crippen LogP contribution in [0.25, 0.3) is 0 Å². The van der Waals surface area contributed by atoms with Gasteiger partial charge in [-0.2, -0.15) is 0 Å². The van der Waals surface area contributed by atoms with E-state index in [-0.39, 0.29) is 5.75 Å². The average molecular weight is 228 g/mol. The molecule has 5 nitrogen and oxygen atoms in total. The summed E-state index contributed by atoms with van der Waals surface area (Å²) in [4.78, 5) is 10.1. The highest BCUT2D eigenvalue weighted by molar-refractivity contribution is 7.92. The van der Waals surface area contributed by atoms with E-state index >= 15 is 0 Å². The summed E-state index contributed by atoms with van der Waals surface area (Å²) in [5.74, 6) is 0.0291. The lowest BCUT2D eigenvalue weighted by molar-refractivity contribution is -0.105. The Bertz CT molecular complexity index is 425. The summed E-state index contributed by atoms with van der Waals surface area (Å²) < 4.78 is 24.8. The first kappa shape index (κ1) is 11.5. The van der Waals surface area contributed by atoms with Gasteiger partial charge in [-0.3, -0.25) is 9.52 Å². The normalized spacial score (nSPS) is 10.7. The van der Waals surface area contributed by atoms with Crippen molar-refractivity contribution in [1.29, 1.82) is 0 Å². The van der Waals surface area contributed by atoms with Crippen molar-refractivity contribution in [2.75, 3.05) is 15.8 Å². The van der Waals surface area contributed by atoms with Gasteiger partial charge in [-0.1, -0.05) is 0 Å². The number of hydrogen-bond donors (Lipinski definition) is 2. The molecule has 0 aromatic heterocycles. The van der Waals surface area contributed by atoms with E-state index in [0.29, 0.717) is 17.8 Å². The van der Waals surface area contributed by atoms with Crippen molar-refractivity contribution < 1.29 is 13.2 Å². The molecule has 0 fully saturated rings. The van der Waals surface area contributed by atoms with Crippen LogP contribution in [-0.4, -0.2) is 20.6 Å². The molecule has 82 valence electrons. The minimum absolute atomic E-state index is 0.0291. The first-order valence-corrected chi connectivity index (χ1v) is 6.03. The Morgan fingerprint density at radius 1 is 1.20 bits per heavy atom. The van der Waals surface area contributed by atoms with E-state index < -0.39 is 10.0 Å². The van der Waals surface area contributed by atoms with Crippen molar-refractivity contribution in [1.82, 2.24) is 0 Å². The molecule has 0 atom stereocenters. The summed E-state index contributed by atoms with van der Waals surface area (Å²) in [7, 11) is -3.24. The molecule has 0 aliphatic heterocycles. The van der Waals surface area contributed by atoms with Crippen molar-refractivity contribution in [2.24, 2.45) is 0 Å². The molecule has 1 amide bonds. The number of anilines is 2. The number of benzene rings is 1. The van der Waals surface area contributed by atoms with Crippen LogP contribution in [0.2, 0.25) is 0 Å². The van der Waals surface area contributed by atoms with Gasteiger partial charge in [0, 0.05) is 11.4 Å². The molecule has 0 heterocycles. The maximum absolute atomic E-state index is 11.2. The van der Waals surface area contributed by atoms with Crippen molar-refractivity contribution in [3.8, 4) is 0 Å². The van der Waals surface area contributed by atoms with E-state index in [0.717, 1.165) is 0 Å². The molecule has 0 saturated carbocycles. The molecule has 2 N–H and O–H groups in total. The minimum Gasteiger partial charge on any atom is -0.329 e. The van der Waals surface area contributed by atoms with Gasteiger partial charge in [0.25, 0.3) is 0 Å². The van der Waals surface area contributed by atoms with Crippen LogP contribution in [0.15, 0.2) is 24.3 Å². The standard InChI is InChI=1S/C9H12N2O3S/c1-2-15(13,14)11-9-5-3-8(4-6-9)10-7-12/h3-7,11H,2H2,1H3,(H,10,12). The predicted molar refractivity (Wildman–Crippen MR) is 59.2 cm³/mol. The molecule has 0 aliphatic carbocycles. The Morgan fingerprint density at radius 3 is 2.20 bits per heavy atom. The summed E-state index contributed by atoms with van der Waals surface area (Å²) in [6.07, 6.45) is 0.561. The fraction of sp³-hybridized carbons (Fsp3) is 0.222. The van der Waals surface area contributed by atoms with Crippen LogP contribution < -0.4 is 10.0 Å². The summed E-state index contributed by atoms with van der Waals surface area (Å²) in [6, 6.07) is 6.39. The van der Waals surface area contributed by atoms with Crippen LogP contribution >= 0.6 is 0 Å². The first-order chi connectivity index (χ1) is 7.07. The molecule has 1 aromatic carbocycles. The van der Waals surface area contributed by atoms with E-state index in [1.807, 2.05) is 0 Å². The third-order valence-electron chi connectivity index (χ3n) is 1.76. The topological polar surface area (TPSA) is 75.3 Å². The zero-order valence-electron chi connectivity index (χ0n) is 8.23. The molecule has 0 spiro atoms. The molecule has 6 heteroatoms. The van der Waals surface area contributed by atoms with Gasteiger partial charge in [-0.05, 0) is 31.2 Å². The summed E-state index contributed by atoms with van der Waals surface area (Å²) >= 11 is 0. The van der Waals surface area contributed by atoms with E-state index in [2.05, 4.69) is 10.0 Å². The second-order valence-corrected chi connectivity index (χ2v) is 4.86. The molecule has 1 aromatic rings. The van der Waals surface area contributed by atoms with Crippen LogP contribution in [0.3, 0.4) is 0 Å². The van der Waals surface area contributed by atoms with Gasteiger partial charge in [0.2, 0.25) is 16.4 Å². The van der Waals surface area contributed by atoms with Gasteiger partial charge in [0.1, 0.15) is 0 Å². The van der Waals surface area contributed by atoms with Gasteiger partial charge in [0.05, 0.1) is 5.75 Å². The van der Waals surface area contributed by atoms with Crippen molar-refractivity contribution in [3.63, 3.8) is 0 Å². The summed E-state index contributed by atoms with van der Waals surface area (Å²) in [5.41, 5.74) is 1.10. The SMILES string of the molecule is CCS(=O)(=O)Nc1ccc(NC=O)cc1. The Labute approximate surface area is 88.5 Å². The zero-order valence-corrected chi connectivity index (χ0v) is 9.04. The van der Waals surface area contributed by atoms with Gasteiger partial charge in [0.15, 0.2) is 0 Å². The van der Waals surface area contributed by atoms with Crippen LogP contribution in [0.1, 0.15) is 6.92 Å². The maximum Gasteiger partial charge on any atom is 0.232 e. The lowest BCUT2D eigenvalue weighted by Crippen LogP contribution is -2.14. The lowest BCUT2D eigenvalue weighted by atomic mass is 10.3. The molecule has 0 aliphatic rings. The summed E-state index contributed by atoms with van der Waals surface area (Å²) in [5, 5.41) is 2.45. The second-order valence-electron chi connectivity index (χ2n) is 2.85. The van der Waals surface area contributed by atoms with Crippen LogP contribution in [0, 0.1) is 0 Å². The number of carbonyl (C=O) groups is 1. The lowest BCUT2D eigenvalue weighted by Gasteiger charge is -2.06. The molecular weight excluding hydrogens is 216 g/mol. The molecule has 0 unspecified atom stereocenters. The zero-order chi connectivity index (χ0) is 11.3.